The molecule has 1 atom stereocenters. The van der Waals surface area contributed by atoms with Crippen LogP contribution in [0.25, 0.3) is 0 Å². The topological polar surface area (TPSA) is 70.9 Å². The second-order valence-corrected chi connectivity index (χ2v) is 5.41. The molecule has 25 heavy (non-hydrogen) atoms. The summed E-state index contributed by atoms with van der Waals surface area (Å²) in [5.74, 6) is -0.535. The molecule has 1 unspecified atom stereocenters. The maximum Gasteiger partial charge on any atom is 0.354 e. The van der Waals surface area contributed by atoms with Crippen LogP contribution in [0.1, 0.15) is 25.0 Å². The number of para-hydroxylation sites is 1. The second kappa shape index (κ2) is 9.39. The maximum atomic E-state index is 12.1. The van der Waals surface area contributed by atoms with Gasteiger partial charge in [-0.15, -0.1) is 0 Å². The molecule has 5 nitrogen and oxygen atoms in total. The first-order chi connectivity index (χ1) is 12.1. The van der Waals surface area contributed by atoms with Gasteiger partial charge in [-0.2, -0.15) is 5.10 Å². The van der Waals surface area contributed by atoms with E-state index in [0.717, 1.165) is 5.69 Å². The molecule has 0 saturated heterocycles. The predicted octanol–water partition coefficient (Wildman–Crippen LogP) is 3.70. The van der Waals surface area contributed by atoms with Crippen molar-refractivity contribution in [3.8, 4) is 0 Å². The van der Waals surface area contributed by atoms with Crippen molar-refractivity contribution >= 4 is 17.4 Å². The molecule has 2 aromatic rings. The van der Waals surface area contributed by atoms with Crippen molar-refractivity contribution in [3.63, 3.8) is 0 Å². The first-order valence-corrected chi connectivity index (χ1v) is 8.07. The highest BCUT2D eigenvalue weighted by Crippen LogP contribution is 2.23. The van der Waals surface area contributed by atoms with Crippen molar-refractivity contribution in [3.05, 3.63) is 78.4 Å². The normalized spacial score (nSPS) is 12.3. The molecular weight excluding hydrogens is 316 g/mol. The largest absolute Gasteiger partial charge is 0.461 e. The third kappa shape index (κ3) is 5.58. The molecule has 130 valence electrons. The lowest BCUT2D eigenvalue weighted by Gasteiger charge is -2.15. The molecule has 0 aromatic heterocycles. The Morgan fingerprint density at radius 1 is 1.16 bits per heavy atom. The number of carbonyl (C=O) groups is 1. The standard InChI is InChI=1S/C20H22N2O3/c1-3-25-20(24)18(22-21-17-12-8-5-9-13-17)14-15(2)19(23)16-10-6-4-7-11-16/h4-13,19,21,23H,2-3,14H2,1H3/b22-18+. The number of rotatable bonds is 8. The van der Waals surface area contributed by atoms with Crippen LogP contribution in [0.2, 0.25) is 0 Å². The molecule has 0 fully saturated rings. The van der Waals surface area contributed by atoms with E-state index < -0.39 is 12.1 Å². The van der Waals surface area contributed by atoms with Crippen LogP contribution in [0.3, 0.4) is 0 Å². The first-order valence-electron chi connectivity index (χ1n) is 8.07. The fourth-order valence-electron chi connectivity index (χ4n) is 2.20. The lowest BCUT2D eigenvalue weighted by molar-refractivity contribution is -0.135. The number of carbonyl (C=O) groups excluding carboxylic acids is 1. The Bertz CT molecular complexity index is 727. The van der Waals surface area contributed by atoms with E-state index >= 15 is 0 Å². The van der Waals surface area contributed by atoms with E-state index in [1.807, 2.05) is 48.5 Å². The second-order valence-electron chi connectivity index (χ2n) is 5.41. The van der Waals surface area contributed by atoms with Gasteiger partial charge >= 0.3 is 5.97 Å². The van der Waals surface area contributed by atoms with Crippen LogP contribution in [0, 0.1) is 0 Å². The maximum absolute atomic E-state index is 12.1. The van der Waals surface area contributed by atoms with Crippen LogP contribution in [-0.2, 0) is 9.53 Å². The molecule has 2 aromatic carbocycles. The van der Waals surface area contributed by atoms with Gasteiger partial charge in [-0.05, 0) is 30.2 Å². The molecule has 5 heteroatoms. The minimum absolute atomic E-state index is 0.106. The number of nitrogens with zero attached hydrogens (tertiary/aromatic N) is 1. The number of hydrogen-bond donors (Lipinski definition) is 2. The van der Waals surface area contributed by atoms with Gasteiger partial charge in [-0.25, -0.2) is 4.79 Å². The molecule has 0 heterocycles. The molecule has 0 radical (unpaired) electrons. The first kappa shape index (κ1) is 18.4. The molecular formula is C20H22N2O3. The molecule has 0 spiro atoms. The van der Waals surface area contributed by atoms with Gasteiger partial charge in [-0.3, -0.25) is 5.43 Å². The number of esters is 1. The van der Waals surface area contributed by atoms with Gasteiger partial charge in [0.2, 0.25) is 0 Å². The smallest absolute Gasteiger partial charge is 0.354 e. The predicted molar refractivity (Wildman–Crippen MR) is 99.3 cm³/mol. The van der Waals surface area contributed by atoms with Gasteiger partial charge in [0.15, 0.2) is 0 Å². The molecule has 2 rings (SSSR count). The number of hydrazone groups is 1. The summed E-state index contributed by atoms with van der Waals surface area (Å²) in [7, 11) is 0. The molecule has 0 amide bonds. The van der Waals surface area contributed by atoms with E-state index in [4.69, 9.17) is 4.74 Å². The number of nitrogens with one attached hydrogen (secondary N) is 1. The van der Waals surface area contributed by atoms with E-state index in [2.05, 4.69) is 17.1 Å². The highest BCUT2D eigenvalue weighted by atomic mass is 16.5. The Labute approximate surface area is 147 Å². The van der Waals surface area contributed by atoms with Crippen LogP contribution in [0.4, 0.5) is 5.69 Å². The Kier molecular flexibility index (Phi) is 6.92. The van der Waals surface area contributed by atoms with Gasteiger partial charge < -0.3 is 9.84 Å². The molecule has 0 aliphatic heterocycles. The summed E-state index contributed by atoms with van der Waals surface area (Å²) in [5.41, 5.74) is 4.92. The minimum atomic E-state index is -0.877. The van der Waals surface area contributed by atoms with Crippen molar-refractivity contribution in [2.24, 2.45) is 5.10 Å². The van der Waals surface area contributed by atoms with Crippen LogP contribution >= 0.6 is 0 Å². The van der Waals surface area contributed by atoms with E-state index in [0.29, 0.717) is 11.1 Å². The summed E-state index contributed by atoms with van der Waals surface area (Å²) in [6.07, 6.45) is -0.771. The summed E-state index contributed by atoms with van der Waals surface area (Å²) >= 11 is 0. The van der Waals surface area contributed by atoms with Gasteiger partial charge in [-0.1, -0.05) is 55.1 Å². The zero-order chi connectivity index (χ0) is 18.1. The third-order valence-corrected chi connectivity index (χ3v) is 3.50. The lowest BCUT2D eigenvalue weighted by atomic mass is 9.98. The fraction of sp³-hybridized carbons (Fsp3) is 0.200. The molecule has 0 aliphatic carbocycles. The number of benzene rings is 2. The van der Waals surface area contributed by atoms with Crippen molar-refractivity contribution < 1.29 is 14.6 Å². The highest BCUT2D eigenvalue weighted by molar-refractivity contribution is 6.37. The lowest BCUT2D eigenvalue weighted by Crippen LogP contribution is -2.21. The molecule has 0 bridgehead atoms. The summed E-state index contributed by atoms with van der Waals surface area (Å²) in [6.45, 7) is 5.88. The highest BCUT2D eigenvalue weighted by Gasteiger charge is 2.19. The molecule has 2 N–H and O–H groups in total. The van der Waals surface area contributed by atoms with Gasteiger partial charge in [0, 0.05) is 6.42 Å². The summed E-state index contributed by atoms with van der Waals surface area (Å²) in [5, 5.41) is 14.6. The van der Waals surface area contributed by atoms with Gasteiger partial charge in [0.1, 0.15) is 11.8 Å². The Morgan fingerprint density at radius 3 is 2.36 bits per heavy atom. The quantitative estimate of drug-likeness (QED) is 0.333. The summed E-state index contributed by atoms with van der Waals surface area (Å²) in [4.78, 5) is 12.1. The minimum Gasteiger partial charge on any atom is -0.461 e. The average Bonchev–Trinajstić information content (AvgIpc) is 2.66. The van der Waals surface area contributed by atoms with Crippen molar-refractivity contribution in [1.29, 1.82) is 0 Å². The van der Waals surface area contributed by atoms with Crippen LogP contribution in [0.5, 0.6) is 0 Å². The Morgan fingerprint density at radius 2 is 1.76 bits per heavy atom. The summed E-state index contributed by atoms with van der Waals surface area (Å²) < 4.78 is 5.05. The van der Waals surface area contributed by atoms with E-state index in [9.17, 15) is 9.90 Å². The van der Waals surface area contributed by atoms with Crippen LogP contribution < -0.4 is 5.43 Å². The van der Waals surface area contributed by atoms with Crippen molar-refractivity contribution in [1.82, 2.24) is 0 Å². The average molecular weight is 338 g/mol. The molecule has 0 saturated carbocycles. The van der Waals surface area contributed by atoms with Crippen LogP contribution in [-0.4, -0.2) is 23.4 Å². The van der Waals surface area contributed by atoms with Gasteiger partial charge in [0.25, 0.3) is 0 Å². The zero-order valence-corrected chi connectivity index (χ0v) is 14.2. The van der Waals surface area contributed by atoms with E-state index in [1.54, 1.807) is 19.1 Å². The Hall–Kier alpha value is -2.92. The fourth-order valence-corrected chi connectivity index (χ4v) is 2.20. The zero-order valence-electron chi connectivity index (χ0n) is 14.2. The third-order valence-electron chi connectivity index (χ3n) is 3.50. The summed E-state index contributed by atoms with van der Waals surface area (Å²) in [6, 6.07) is 18.4. The SMILES string of the molecule is C=C(C/C(=N\Nc1ccccc1)C(=O)OCC)C(O)c1ccccc1. The van der Waals surface area contributed by atoms with Crippen molar-refractivity contribution in [2.75, 3.05) is 12.0 Å². The number of aliphatic hydroxyl groups excluding tert-OH is 1. The monoisotopic (exact) mass is 338 g/mol. The van der Waals surface area contributed by atoms with Crippen LogP contribution in [0.15, 0.2) is 77.9 Å². The number of hydrogen-bond acceptors (Lipinski definition) is 5. The number of ether oxygens (including phenoxy) is 1. The molecule has 0 aliphatic rings. The van der Waals surface area contributed by atoms with E-state index in [1.165, 1.54) is 0 Å². The van der Waals surface area contributed by atoms with E-state index in [-0.39, 0.29) is 18.7 Å². The van der Waals surface area contributed by atoms with Gasteiger partial charge in [0.05, 0.1) is 12.3 Å². The number of anilines is 1. The van der Waals surface area contributed by atoms with Crippen molar-refractivity contribution in [2.45, 2.75) is 19.4 Å². The number of aliphatic hydroxyl groups is 1. The Balaban J connectivity index is 2.12.